The molecule has 0 bridgehead atoms. The lowest BCUT2D eigenvalue weighted by molar-refractivity contribution is -0.119. The third-order valence-corrected chi connectivity index (χ3v) is 7.24. The van der Waals surface area contributed by atoms with Crippen LogP contribution in [0.5, 0.6) is 0 Å². The highest BCUT2D eigenvalue weighted by Crippen LogP contribution is 2.21. The molecule has 1 amide bonds. The van der Waals surface area contributed by atoms with Crippen molar-refractivity contribution < 1.29 is 26.0 Å². The third-order valence-electron chi connectivity index (χ3n) is 4.05. The molecule has 1 saturated heterocycles. The Bertz CT molecular complexity index is 980. The van der Waals surface area contributed by atoms with Crippen LogP contribution in [-0.4, -0.2) is 34.2 Å². The first kappa shape index (κ1) is 18.6. The predicted molar refractivity (Wildman–Crippen MR) is 94.6 cm³/mol. The Morgan fingerprint density at radius 2 is 1.92 bits per heavy atom. The number of furan rings is 1. The second-order valence-corrected chi connectivity index (χ2v) is 10.0. The lowest BCUT2D eigenvalue weighted by atomic mass is 10.1. The first-order chi connectivity index (χ1) is 12.3. The van der Waals surface area contributed by atoms with E-state index in [4.69, 9.17) is 4.42 Å². The SMILES string of the molecule is O=C(Nc1ccc(S(=O)(=O)NCc2ccco2)cc1)[C@H]1CCS(=O)(=O)C1. The zero-order valence-corrected chi connectivity index (χ0v) is 15.3. The van der Waals surface area contributed by atoms with Gasteiger partial charge in [-0.3, -0.25) is 4.79 Å². The minimum atomic E-state index is -3.71. The number of anilines is 1. The predicted octanol–water partition coefficient (Wildman–Crippen LogP) is 1.13. The summed E-state index contributed by atoms with van der Waals surface area (Å²) >= 11 is 0. The van der Waals surface area contributed by atoms with Gasteiger partial charge in [0, 0.05) is 5.69 Å². The van der Waals surface area contributed by atoms with E-state index in [1.807, 2.05) is 0 Å². The van der Waals surface area contributed by atoms with E-state index < -0.39 is 25.8 Å². The van der Waals surface area contributed by atoms with Crippen molar-refractivity contribution in [2.75, 3.05) is 16.8 Å². The summed E-state index contributed by atoms with van der Waals surface area (Å²) in [6, 6.07) is 8.98. The maximum absolute atomic E-state index is 12.2. The van der Waals surface area contributed by atoms with Crippen LogP contribution in [0.3, 0.4) is 0 Å². The van der Waals surface area contributed by atoms with Crippen molar-refractivity contribution in [3.05, 3.63) is 48.4 Å². The number of rotatable bonds is 6. The molecule has 0 saturated carbocycles. The van der Waals surface area contributed by atoms with E-state index in [-0.39, 0.29) is 28.9 Å². The number of carbonyl (C=O) groups excluding carboxylic acids is 1. The minimum Gasteiger partial charge on any atom is -0.468 e. The molecule has 1 atom stereocenters. The van der Waals surface area contributed by atoms with Crippen LogP contribution in [0.15, 0.2) is 52.0 Å². The van der Waals surface area contributed by atoms with Crippen molar-refractivity contribution in [2.24, 2.45) is 5.92 Å². The maximum atomic E-state index is 12.2. The number of benzene rings is 1. The molecule has 1 aromatic heterocycles. The van der Waals surface area contributed by atoms with E-state index in [1.54, 1.807) is 12.1 Å². The Balaban J connectivity index is 1.61. The van der Waals surface area contributed by atoms with Gasteiger partial charge in [-0.15, -0.1) is 0 Å². The van der Waals surface area contributed by atoms with E-state index in [2.05, 4.69) is 10.0 Å². The van der Waals surface area contributed by atoms with Crippen molar-refractivity contribution in [3.63, 3.8) is 0 Å². The molecule has 2 N–H and O–H groups in total. The first-order valence-corrected chi connectivity index (χ1v) is 11.2. The van der Waals surface area contributed by atoms with Crippen molar-refractivity contribution >= 4 is 31.5 Å². The van der Waals surface area contributed by atoms with Gasteiger partial charge in [-0.2, -0.15) is 0 Å². The molecule has 0 aliphatic carbocycles. The van der Waals surface area contributed by atoms with Crippen LogP contribution in [0.4, 0.5) is 5.69 Å². The lowest BCUT2D eigenvalue weighted by Gasteiger charge is -2.10. The number of sulfonamides is 1. The Hall–Kier alpha value is -2.17. The standard InChI is InChI=1S/C16H18N2O6S2/c19-16(12-7-9-25(20,21)11-12)18-13-3-5-15(6-4-13)26(22,23)17-10-14-2-1-8-24-14/h1-6,8,12,17H,7,9-11H2,(H,18,19)/t12-/m0/s1. The molecule has 3 rings (SSSR count). The summed E-state index contributed by atoms with van der Waals surface area (Å²) in [6.07, 6.45) is 1.76. The fourth-order valence-corrected chi connectivity index (χ4v) is 5.36. The van der Waals surface area contributed by atoms with Gasteiger partial charge in [0.25, 0.3) is 0 Å². The Kier molecular flexibility index (Phi) is 5.17. The number of sulfone groups is 1. The minimum absolute atomic E-state index is 0.0175. The largest absolute Gasteiger partial charge is 0.468 e. The van der Waals surface area contributed by atoms with Gasteiger partial charge in [0.1, 0.15) is 5.76 Å². The molecule has 26 heavy (non-hydrogen) atoms. The van der Waals surface area contributed by atoms with Gasteiger partial charge < -0.3 is 9.73 Å². The highest BCUT2D eigenvalue weighted by Gasteiger charge is 2.32. The smallest absolute Gasteiger partial charge is 0.240 e. The molecule has 8 nitrogen and oxygen atoms in total. The second kappa shape index (κ2) is 7.22. The maximum Gasteiger partial charge on any atom is 0.240 e. The summed E-state index contributed by atoms with van der Waals surface area (Å²) in [7, 11) is -6.85. The molecule has 0 spiro atoms. The van der Waals surface area contributed by atoms with Gasteiger partial charge in [0.15, 0.2) is 9.84 Å². The van der Waals surface area contributed by atoms with Crippen LogP contribution < -0.4 is 10.0 Å². The molecular formula is C16H18N2O6S2. The summed E-state index contributed by atoms with van der Waals surface area (Å²) < 4.78 is 54.8. The van der Waals surface area contributed by atoms with E-state index in [9.17, 15) is 21.6 Å². The summed E-state index contributed by atoms with van der Waals surface area (Å²) in [5.41, 5.74) is 0.407. The van der Waals surface area contributed by atoms with Crippen LogP contribution in [-0.2, 0) is 31.2 Å². The summed E-state index contributed by atoms with van der Waals surface area (Å²) in [4.78, 5) is 12.1. The van der Waals surface area contributed by atoms with Crippen LogP contribution in [0.25, 0.3) is 0 Å². The monoisotopic (exact) mass is 398 g/mol. The van der Waals surface area contributed by atoms with E-state index in [1.165, 1.54) is 30.5 Å². The zero-order chi connectivity index (χ0) is 18.8. The van der Waals surface area contributed by atoms with Crippen molar-refractivity contribution in [1.82, 2.24) is 4.72 Å². The summed E-state index contributed by atoms with van der Waals surface area (Å²) in [6.45, 7) is 0.0317. The molecule has 140 valence electrons. The molecule has 0 radical (unpaired) electrons. The van der Waals surface area contributed by atoms with Gasteiger partial charge >= 0.3 is 0 Å². The van der Waals surface area contributed by atoms with Crippen LogP contribution in [0.1, 0.15) is 12.2 Å². The molecular weight excluding hydrogens is 380 g/mol. The number of hydrogen-bond donors (Lipinski definition) is 2. The van der Waals surface area contributed by atoms with Gasteiger partial charge in [0.2, 0.25) is 15.9 Å². The normalized spacial score (nSPS) is 19.3. The van der Waals surface area contributed by atoms with Crippen LogP contribution in [0.2, 0.25) is 0 Å². The quantitative estimate of drug-likeness (QED) is 0.752. The molecule has 2 aromatic rings. The van der Waals surface area contributed by atoms with Crippen LogP contribution in [0, 0.1) is 5.92 Å². The number of amides is 1. The Labute approximate surface area is 151 Å². The molecule has 0 unspecified atom stereocenters. The molecule has 1 fully saturated rings. The molecule has 1 aliphatic heterocycles. The zero-order valence-electron chi connectivity index (χ0n) is 13.7. The Morgan fingerprint density at radius 3 is 2.50 bits per heavy atom. The molecule has 1 aromatic carbocycles. The van der Waals surface area contributed by atoms with E-state index in [0.717, 1.165) is 0 Å². The summed E-state index contributed by atoms with van der Waals surface area (Å²) in [5.74, 6) is -0.592. The highest BCUT2D eigenvalue weighted by molar-refractivity contribution is 7.91. The van der Waals surface area contributed by atoms with Gasteiger partial charge in [-0.1, -0.05) is 0 Å². The average Bonchev–Trinajstić information content (AvgIpc) is 3.23. The third kappa shape index (κ3) is 4.51. The molecule has 10 heteroatoms. The highest BCUT2D eigenvalue weighted by atomic mass is 32.2. The first-order valence-electron chi connectivity index (χ1n) is 7.89. The van der Waals surface area contributed by atoms with Gasteiger partial charge in [-0.05, 0) is 42.8 Å². The van der Waals surface area contributed by atoms with Gasteiger partial charge in [0.05, 0.1) is 35.1 Å². The summed E-state index contributed by atoms with van der Waals surface area (Å²) in [5, 5.41) is 2.62. The second-order valence-electron chi connectivity index (χ2n) is 6.02. The topological polar surface area (TPSA) is 123 Å². The Morgan fingerprint density at radius 1 is 1.19 bits per heavy atom. The number of carbonyl (C=O) groups is 1. The molecule has 2 heterocycles. The van der Waals surface area contributed by atoms with E-state index in [0.29, 0.717) is 17.9 Å². The van der Waals surface area contributed by atoms with Crippen molar-refractivity contribution in [2.45, 2.75) is 17.9 Å². The lowest BCUT2D eigenvalue weighted by Crippen LogP contribution is -2.24. The molecule has 1 aliphatic rings. The fourth-order valence-electron chi connectivity index (χ4n) is 2.63. The fraction of sp³-hybridized carbons (Fsp3) is 0.312. The van der Waals surface area contributed by atoms with Crippen molar-refractivity contribution in [3.8, 4) is 0 Å². The number of hydrogen-bond acceptors (Lipinski definition) is 6. The van der Waals surface area contributed by atoms with E-state index >= 15 is 0 Å². The van der Waals surface area contributed by atoms with Gasteiger partial charge in [-0.25, -0.2) is 21.6 Å². The van der Waals surface area contributed by atoms with Crippen LogP contribution >= 0.6 is 0 Å². The number of nitrogens with one attached hydrogen (secondary N) is 2. The van der Waals surface area contributed by atoms with Crippen molar-refractivity contribution in [1.29, 1.82) is 0 Å². The average molecular weight is 398 g/mol.